The maximum absolute atomic E-state index is 5.51. The lowest BCUT2D eigenvalue weighted by Crippen LogP contribution is -1.90. The van der Waals surface area contributed by atoms with Crippen molar-refractivity contribution in [3.8, 4) is 0 Å². The Bertz CT molecular complexity index is 172. The van der Waals surface area contributed by atoms with Crippen molar-refractivity contribution in [2.45, 2.75) is 6.92 Å². The van der Waals surface area contributed by atoms with Crippen LogP contribution in [-0.4, -0.2) is 4.98 Å². The highest BCUT2D eigenvalue weighted by atomic mass is 127. The second kappa shape index (κ2) is 2.51. The molecular weight excluding hydrogens is 227 g/mol. The Balaban J connectivity index is 3.17. The number of hydrogen-bond acceptors (Lipinski definition) is 2. The highest BCUT2D eigenvalue weighted by Gasteiger charge is 1.90. The molecule has 0 bridgehead atoms. The Kier molecular flexibility index (Phi) is 1.90. The Morgan fingerprint density at radius 3 is 2.67 bits per heavy atom. The van der Waals surface area contributed by atoms with Crippen LogP contribution < -0.4 is 5.73 Å². The van der Waals surface area contributed by atoms with Crippen molar-refractivity contribution in [2.24, 2.45) is 0 Å². The quantitative estimate of drug-likeness (QED) is 0.546. The number of nitrogens with two attached hydrogens (primary N) is 1. The van der Waals surface area contributed by atoms with E-state index >= 15 is 0 Å². The van der Waals surface area contributed by atoms with Gasteiger partial charge in [-0.1, -0.05) is 0 Å². The van der Waals surface area contributed by atoms with Gasteiger partial charge in [-0.05, 0) is 41.6 Å². The van der Waals surface area contributed by atoms with E-state index in [9.17, 15) is 0 Å². The summed E-state index contributed by atoms with van der Waals surface area (Å²) >= 11 is 2.14. The van der Waals surface area contributed by atoms with E-state index in [2.05, 4.69) is 27.6 Å². The maximum Gasteiger partial charge on any atom is 0.103 e. The SMILES string of the molecule is Cc1cc(N)cc(I)n1. The molecular formula is C6H7IN2. The van der Waals surface area contributed by atoms with Crippen LogP contribution in [-0.2, 0) is 0 Å². The van der Waals surface area contributed by atoms with Gasteiger partial charge >= 0.3 is 0 Å². The van der Waals surface area contributed by atoms with Gasteiger partial charge in [-0.3, -0.25) is 0 Å². The lowest BCUT2D eigenvalue weighted by atomic mass is 10.3. The van der Waals surface area contributed by atoms with Crippen LogP contribution in [0.4, 0.5) is 5.69 Å². The number of aryl methyl sites for hydroxylation is 1. The first-order valence-electron chi connectivity index (χ1n) is 2.58. The second-order valence-electron chi connectivity index (χ2n) is 1.86. The normalized spacial score (nSPS) is 9.56. The molecule has 1 rings (SSSR count). The minimum absolute atomic E-state index is 0.784. The molecule has 0 radical (unpaired) electrons. The molecule has 0 saturated carbocycles. The van der Waals surface area contributed by atoms with Crippen LogP contribution in [0, 0.1) is 10.6 Å². The number of hydrogen-bond donors (Lipinski definition) is 1. The largest absolute Gasteiger partial charge is 0.399 e. The fourth-order valence-corrected chi connectivity index (χ4v) is 1.39. The van der Waals surface area contributed by atoms with Crippen LogP contribution in [0.5, 0.6) is 0 Å². The van der Waals surface area contributed by atoms with Crippen molar-refractivity contribution < 1.29 is 0 Å². The predicted octanol–water partition coefficient (Wildman–Crippen LogP) is 1.58. The molecule has 0 aliphatic carbocycles. The molecule has 0 aromatic carbocycles. The summed E-state index contributed by atoms with van der Waals surface area (Å²) in [4.78, 5) is 4.14. The molecule has 9 heavy (non-hydrogen) atoms. The fraction of sp³-hybridized carbons (Fsp3) is 0.167. The van der Waals surface area contributed by atoms with Crippen molar-refractivity contribution in [3.63, 3.8) is 0 Å². The van der Waals surface area contributed by atoms with Gasteiger partial charge in [0.15, 0.2) is 0 Å². The summed E-state index contributed by atoms with van der Waals surface area (Å²) < 4.78 is 0.949. The summed E-state index contributed by atoms with van der Waals surface area (Å²) in [6, 6.07) is 3.69. The zero-order chi connectivity index (χ0) is 6.85. The van der Waals surface area contributed by atoms with E-state index in [1.807, 2.05) is 19.1 Å². The topological polar surface area (TPSA) is 38.9 Å². The van der Waals surface area contributed by atoms with Gasteiger partial charge in [0, 0.05) is 11.4 Å². The summed E-state index contributed by atoms with van der Waals surface area (Å²) in [5.74, 6) is 0. The van der Waals surface area contributed by atoms with E-state index in [4.69, 9.17) is 5.73 Å². The van der Waals surface area contributed by atoms with E-state index < -0.39 is 0 Å². The van der Waals surface area contributed by atoms with Crippen LogP contribution in [0.2, 0.25) is 0 Å². The average Bonchev–Trinajstić information content (AvgIpc) is 1.59. The molecule has 48 valence electrons. The van der Waals surface area contributed by atoms with Crippen molar-refractivity contribution >= 4 is 28.3 Å². The summed E-state index contributed by atoms with van der Waals surface area (Å²) in [5, 5.41) is 0. The molecule has 1 heterocycles. The Morgan fingerprint density at radius 2 is 2.22 bits per heavy atom. The molecule has 2 N–H and O–H groups in total. The van der Waals surface area contributed by atoms with Crippen LogP contribution in [0.25, 0.3) is 0 Å². The van der Waals surface area contributed by atoms with Crippen molar-refractivity contribution in [3.05, 3.63) is 21.5 Å². The van der Waals surface area contributed by atoms with Gasteiger partial charge in [0.25, 0.3) is 0 Å². The third-order valence-corrected chi connectivity index (χ3v) is 1.50. The van der Waals surface area contributed by atoms with E-state index in [0.29, 0.717) is 0 Å². The van der Waals surface area contributed by atoms with Crippen LogP contribution in [0.1, 0.15) is 5.69 Å². The summed E-state index contributed by atoms with van der Waals surface area (Å²) in [6.45, 7) is 1.93. The number of anilines is 1. The number of nitrogen functional groups attached to an aromatic ring is 1. The van der Waals surface area contributed by atoms with Crippen LogP contribution in [0.15, 0.2) is 12.1 Å². The number of pyridine rings is 1. The van der Waals surface area contributed by atoms with E-state index in [1.165, 1.54) is 0 Å². The second-order valence-corrected chi connectivity index (χ2v) is 2.97. The molecule has 0 spiro atoms. The predicted molar refractivity (Wildman–Crippen MR) is 46.1 cm³/mol. The maximum atomic E-state index is 5.51. The molecule has 0 amide bonds. The smallest absolute Gasteiger partial charge is 0.103 e. The van der Waals surface area contributed by atoms with Crippen LogP contribution in [0.3, 0.4) is 0 Å². The first-order chi connectivity index (χ1) is 4.18. The Morgan fingerprint density at radius 1 is 1.56 bits per heavy atom. The van der Waals surface area contributed by atoms with E-state index in [1.54, 1.807) is 0 Å². The van der Waals surface area contributed by atoms with Gasteiger partial charge < -0.3 is 5.73 Å². The minimum atomic E-state index is 0.784. The van der Waals surface area contributed by atoms with E-state index in [0.717, 1.165) is 15.1 Å². The minimum Gasteiger partial charge on any atom is -0.399 e. The number of rotatable bonds is 0. The van der Waals surface area contributed by atoms with Gasteiger partial charge in [-0.2, -0.15) is 0 Å². The molecule has 1 aromatic heterocycles. The lowest BCUT2D eigenvalue weighted by Gasteiger charge is -1.94. The summed E-state index contributed by atoms with van der Waals surface area (Å²) in [7, 11) is 0. The van der Waals surface area contributed by atoms with Crippen molar-refractivity contribution in [2.75, 3.05) is 5.73 Å². The molecule has 0 atom stereocenters. The van der Waals surface area contributed by atoms with E-state index in [-0.39, 0.29) is 0 Å². The molecule has 3 heteroatoms. The highest BCUT2D eigenvalue weighted by molar-refractivity contribution is 14.1. The molecule has 0 aliphatic heterocycles. The van der Waals surface area contributed by atoms with Crippen molar-refractivity contribution in [1.29, 1.82) is 0 Å². The van der Waals surface area contributed by atoms with Gasteiger partial charge in [0.05, 0.1) is 0 Å². The molecule has 0 fully saturated rings. The molecule has 2 nitrogen and oxygen atoms in total. The molecule has 0 unspecified atom stereocenters. The third kappa shape index (κ3) is 1.82. The number of aromatic nitrogens is 1. The number of nitrogens with zero attached hydrogens (tertiary/aromatic N) is 1. The number of halogens is 1. The first kappa shape index (κ1) is 6.80. The van der Waals surface area contributed by atoms with Crippen LogP contribution >= 0.6 is 22.6 Å². The average molecular weight is 234 g/mol. The summed E-state index contributed by atoms with van der Waals surface area (Å²) in [5.41, 5.74) is 7.27. The highest BCUT2D eigenvalue weighted by Crippen LogP contribution is 2.08. The van der Waals surface area contributed by atoms with Crippen molar-refractivity contribution in [1.82, 2.24) is 4.98 Å². The standard InChI is InChI=1S/C6H7IN2/c1-4-2-5(8)3-6(7)9-4/h2-3H,1H3,(H2,8,9). The molecule has 0 aliphatic rings. The zero-order valence-electron chi connectivity index (χ0n) is 5.06. The Hall–Kier alpha value is -0.320. The third-order valence-electron chi connectivity index (χ3n) is 0.944. The molecule has 0 saturated heterocycles. The van der Waals surface area contributed by atoms with Gasteiger partial charge in [0.1, 0.15) is 3.70 Å². The Labute approximate surface area is 67.6 Å². The lowest BCUT2D eigenvalue weighted by molar-refractivity contribution is 1.17. The van der Waals surface area contributed by atoms with Gasteiger partial charge in [0.2, 0.25) is 0 Å². The fourth-order valence-electron chi connectivity index (χ4n) is 0.653. The summed E-state index contributed by atoms with van der Waals surface area (Å²) in [6.07, 6.45) is 0. The first-order valence-corrected chi connectivity index (χ1v) is 3.66. The van der Waals surface area contributed by atoms with Gasteiger partial charge in [-0.25, -0.2) is 4.98 Å². The van der Waals surface area contributed by atoms with Gasteiger partial charge in [-0.15, -0.1) is 0 Å². The molecule has 1 aromatic rings. The zero-order valence-corrected chi connectivity index (χ0v) is 7.21. The monoisotopic (exact) mass is 234 g/mol.